The van der Waals surface area contributed by atoms with E-state index in [-0.39, 0.29) is 24.7 Å². The Hall–Kier alpha value is -1.86. The summed E-state index contributed by atoms with van der Waals surface area (Å²) < 4.78 is 36.0. The number of aryl methyl sites for hydroxylation is 1. The average Bonchev–Trinajstić information content (AvgIpc) is 2.25. The van der Waals surface area contributed by atoms with E-state index in [2.05, 4.69) is 20.6 Å². The second kappa shape index (κ2) is 4.19. The first-order valence-electron chi connectivity index (χ1n) is 4.90. The minimum atomic E-state index is -4.22. The van der Waals surface area contributed by atoms with Crippen molar-refractivity contribution in [1.82, 2.24) is 9.97 Å². The van der Waals surface area contributed by atoms with Crippen LogP contribution in [0.5, 0.6) is 0 Å². The Morgan fingerprint density at radius 1 is 1.41 bits per heavy atom. The lowest BCUT2D eigenvalue weighted by atomic mass is 10.2. The van der Waals surface area contributed by atoms with Gasteiger partial charge in [0.1, 0.15) is 11.5 Å². The molecule has 0 aromatic carbocycles. The van der Waals surface area contributed by atoms with Crippen LogP contribution in [0.4, 0.5) is 24.7 Å². The first-order chi connectivity index (χ1) is 7.94. The number of alkyl halides is 3. The molecule has 1 amide bonds. The Morgan fingerprint density at radius 2 is 2.18 bits per heavy atom. The van der Waals surface area contributed by atoms with Gasteiger partial charge in [-0.05, 0) is 0 Å². The van der Waals surface area contributed by atoms with Crippen LogP contribution in [-0.2, 0) is 11.2 Å². The summed E-state index contributed by atoms with van der Waals surface area (Å²) in [6.45, 7) is 0.0583. The summed E-state index contributed by atoms with van der Waals surface area (Å²) in [5.74, 6) is 0.227. The van der Waals surface area contributed by atoms with E-state index in [0.717, 1.165) is 0 Å². The van der Waals surface area contributed by atoms with Gasteiger partial charge in [-0.1, -0.05) is 0 Å². The van der Waals surface area contributed by atoms with Crippen molar-refractivity contribution in [3.8, 4) is 0 Å². The summed E-state index contributed by atoms with van der Waals surface area (Å²) in [5, 5.41) is 5.22. The molecule has 5 nitrogen and oxygen atoms in total. The van der Waals surface area contributed by atoms with E-state index in [9.17, 15) is 18.0 Å². The normalized spacial score (nSPS) is 14.9. The molecule has 0 saturated heterocycles. The van der Waals surface area contributed by atoms with Crippen LogP contribution in [0, 0.1) is 0 Å². The van der Waals surface area contributed by atoms with Crippen LogP contribution < -0.4 is 10.6 Å². The van der Waals surface area contributed by atoms with E-state index < -0.39 is 12.6 Å². The molecule has 2 rings (SSSR count). The average molecular weight is 246 g/mol. The maximum Gasteiger partial charge on any atom is 0.389 e. The number of hydrogen-bond donors (Lipinski definition) is 2. The van der Waals surface area contributed by atoms with Crippen LogP contribution in [0.2, 0.25) is 0 Å². The first kappa shape index (κ1) is 11.6. The Labute approximate surface area is 94.4 Å². The van der Waals surface area contributed by atoms with Gasteiger partial charge in [0, 0.05) is 6.42 Å². The molecule has 92 valence electrons. The summed E-state index contributed by atoms with van der Waals surface area (Å²) in [7, 11) is 0. The summed E-state index contributed by atoms with van der Waals surface area (Å²) in [6.07, 6.45) is -4.15. The van der Waals surface area contributed by atoms with Gasteiger partial charge in [0.2, 0.25) is 5.91 Å². The van der Waals surface area contributed by atoms with Crippen molar-refractivity contribution < 1.29 is 18.0 Å². The number of fused-ring (bicyclic) bond motifs is 1. The topological polar surface area (TPSA) is 66.9 Å². The number of halogens is 3. The minimum Gasteiger partial charge on any atom is -0.359 e. The van der Waals surface area contributed by atoms with Crippen molar-refractivity contribution in [2.45, 2.75) is 19.0 Å². The molecule has 0 aliphatic carbocycles. The molecule has 0 bridgehead atoms. The third-order valence-electron chi connectivity index (χ3n) is 2.16. The van der Waals surface area contributed by atoms with E-state index in [4.69, 9.17) is 0 Å². The zero-order valence-corrected chi connectivity index (χ0v) is 8.64. The highest BCUT2D eigenvalue weighted by Gasteiger charge is 2.27. The van der Waals surface area contributed by atoms with E-state index in [1.165, 1.54) is 6.20 Å². The molecule has 0 radical (unpaired) electrons. The molecule has 0 fully saturated rings. The monoisotopic (exact) mass is 246 g/mol. The lowest BCUT2D eigenvalue weighted by Gasteiger charge is -2.17. The standard InChI is InChI=1S/C9H9F3N4O/c10-9(11,12)2-1-6-13-3-5-8(16-6)14-4-7(17)15-5/h3H,1-2,4H2,(H,15,17)(H,13,14,16). The number of anilines is 2. The fourth-order valence-electron chi connectivity index (χ4n) is 1.38. The molecule has 0 unspecified atom stereocenters. The largest absolute Gasteiger partial charge is 0.389 e. The van der Waals surface area contributed by atoms with Crippen LogP contribution in [0.3, 0.4) is 0 Å². The van der Waals surface area contributed by atoms with Gasteiger partial charge in [0.15, 0.2) is 5.82 Å². The number of hydrogen-bond acceptors (Lipinski definition) is 4. The van der Waals surface area contributed by atoms with Crippen molar-refractivity contribution in [1.29, 1.82) is 0 Å². The molecule has 0 spiro atoms. The number of carbonyl (C=O) groups is 1. The highest BCUT2D eigenvalue weighted by molar-refractivity contribution is 5.99. The first-order valence-corrected chi connectivity index (χ1v) is 4.90. The van der Waals surface area contributed by atoms with E-state index >= 15 is 0 Å². The van der Waals surface area contributed by atoms with Crippen molar-refractivity contribution >= 4 is 17.4 Å². The van der Waals surface area contributed by atoms with Gasteiger partial charge in [-0.25, -0.2) is 9.97 Å². The zero-order valence-electron chi connectivity index (χ0n) is 8.64. The maximum absolute atomic E-state index is 12.0. The molecule has 0 atom stereocenters. The Morgan fingerprint density at radius 3 is 2.88 bits per heavy atom. The molecule has 1 aliphatic rings. The maximum atomic E-state index is 12.0. The molecule has 1 aromatic rings. The van der Waals surface area contributed by atoms with Crippen LogP contribution in [0.25, 0.3) is 0 Å². The third kappa shape index (κ3) is 3.05. The van der Waals surface area contributed by atoms with E-state index in [1.807, 2.05) is 0 Å². The number of amides is 1. The number of rotatable bonds is 2. The Kier molecular flexibility index (Phi) is 2.86. The van der Waals surface area contributed by atoms with Gasteiger partial charge >= 0.3 is 6.18 Å². The number of aromatic nitrogens is 2. The van der Waals surface area contributed by atoms with Gasteiger partial charge in [-0.15, -0.1) is 0 Å². The molecule has 17 heavy (non-hydrogen) atoms. The fraction of sp³-hybridized carbons (Fsp3) is 0.444. The van der Waals surface area contributed by atoms with Crippen molar-refractivity contribution in [3.05, 3.63) is 12.0 Å². The molecule has 2 N–H and O–H groups in total. The van der Waals surface area contributed by atoms with Crippen LogP contribution in [0.15, 0.2) is 6.20 Å². The molecule has 1 aliphatic heterocycles. The van der Waals surface area contributed by atoms with Gasteiger partial charge in [0.25, 0.3) is 0 Å². The van der Waals surface area contributed by atoms with Gasteiger partial charge in [0.05, 0.1) is 19.2 Å². The Bertz CT molecular complexity index is 446. The highest BCUT2D eigenvalue weighted by atomic mass is 19.4. The van der Waals surface area contributed by atoms with Crippen LogP contribution in [0.1, 0.15) is 12.2 Å². The quantitative estimate of drug-likeness (QED) is 0.826. The van der Waals surface area contributed by atoms with Crippen LogP contribution >= 0.6 is 0 Å². The number of carbonyl (C=O) groups excluding carboxylic acids is 1. The SMILES string of the molecule is O=C1CNc2nc(CCC(F)(F)F)ncc2N1. The van der Waals surface area contributed by atoms with Crippen LogP contribution in [-0.4, -0.2) is 28.6 Å². The molecule has 8 heteroatoms. The smallest absolute Gasteiger partial charge is 0.359 e. The zero-order chi connectivity index (χ0) is 12.5. The summed E-state index contributed by atoms with van der Waals surface area (Å²) >= 11 is 0. The molecular weight excluding hydrogens is 237 g/mol. The summed E-state index contributed by atoms with van der Waals surface area (Å²) in [5.41, 5.74) is 0.386. The van der Waals surface area contributed by atoms with Crippen molar-refractivity contribution in [3.63, 3.8) is 0 Å². The number of nitrogens with one attached hydrogen (secondary N) is 2. The predicted molar refractivity (Wildman–Crippen MR) is 53.5 cm³/mol. The number of nitrogens with zero attached hydrogens (tertiary/aromatic N) is 2. The van der Waals surface area contributed by atoms with Gasteiger partial charge in [-0.2, -0.15) is 13.2 Å². The molecule has 1 aromatic heterocycles. The van der Waals surface area contributed by atoms with Gasteiger partial charge in [-0.3, -0.25) is 4.79 Å². The second-order valence-electron chi connectivity index (χ2n) is 3.57. The molecular formula is C9H9F3N4O. The lowest BCUT2D eigenvalue weighted by molar-refractivity contribution is -0.134. The fourth-order valence-corrected chi connectivity index (χ4v) is 1.38. The molecule has 0 saturated carbocycles. The van der Waals surface area contributed by atoms with Crippen molar-refractivity contribution in [2.24, 2.45) is 0 Å². The second-order valence-corrected chi connectivity index (χ2v) is 3.57. The highest BCUT2D eigenvalue weighted by Crippen LogP contribution is 2.24. The minimum absolute atomic E-state index is 0.0583. The molecule has 2 heterocycles. The predicted octanol–water partition coefficient (Wildman–Crippen LogP) is 1.34. The van der Waals surface area contributed by atoms with E-state index in [1.54, 1.807) is 0 Å². The lowest BCUT2D eigenvalue weighted by Crippen LogP contribution is -2.28. The van der Waals surface area contributed by atoms with Gasteiger partial charge < -0.3 is 10.6 Å². The van der Waals surface area contributed by atoms with Crippen molar-refractivity contribution in [2.75, 3.05) is 17.2 Å². The summed E-state index contributed by atoms with van der Waals surface area (Å²) in [6, 6.07) is 0. The van der Waals surface area contributed by atoms with E-state index in [0.29, 0.717) is 11.5 Å². The Balaban J connectivity index is 2.09. The summed E-state index contributed by atoms with van der Waals surface area (Å²) in [4.78, 5) is 18.7. The third-order valence-corrected chi connectivity index (χ3v) is 2.16.